The molecule has 0 unspecified atom stereocenters. The van der Waals surface area contributed by atoms with E-state index in [0.717, 1.165) is 24.6 Å². The van der Waals surface area contributed by atoms with E-state index in [-0.39, 0.29) is 5.82 Å². The van der Waals surface area contributed by atoms with Gasteiger partial charge in [0.15, 0.2) is 0 Å². The molecule has 14 heavy (non-hydrogen) atoms. The van der Waals surface area contributed by atoms with Gasteiger partial charge in [0.25, 0.3) is 0 Å². The number of nitrogens with one attached hydrogen (secondary N) is 1. The number of rotatable bonds is 4. The third-order valence-electron chi connectivity index (χ3n) is 2.44. The lowest BCUT2D eigenvalue weighted by atomic mass is 10.2. The normalized spacial score (nSPS) is 15.9. The van der Waals surface area contributed by atoms with Gasteiger partial charge in [0.2, 0.25) is 0 Å². The van der Waals surface area contributed by atoms with Crippen molar-refractivity contribution in [3.8, 4) is 0 Å². The van der Waals surface area contributed by atoms with E-state index in [1.54, 1.807) is 0 Å². The molecule has 0 amide bonds. The summed E-state index contributed by atoms with van der Waals surface area (Å²) in [5, 5.41) is 3.38. The van der Waals surface area contributed by atoms with Crippen LogP contribution in [0.4, 0.5) is 4.39 Å². The minimum atomic E-state index is -0.128. The van der Waals surface area contributed by atoms with Gasteiger partial charge in [-0.3, -0.25) is 0 Å². The number of hydrogen-bond donors (Lipinski definition) is 1. The molecule has 1 saturated carbocycles. The second kappa shape index (κ2) is 4.57. The molecule has 1 aromatic rings. The van der Waals surface area contributed by atoms with Crippen molar-refractivity contribution in [1.82, 2.24) is 5.32 Å². The number of halogens is 2. The van der Waals surface area contributed by atoms with Gasteiger partial charge in [0, 0.05) is 10.1 Å². The fourth-order valence-electron chi connectivity index (χ4n) is 1.39. The van der Waals surface area contributed by atoms with Crippen LogP contribution in [0.15, 0.2) is 18.2 Å². The maximum atomic E-state index is 12.9. The van der Waals surface area contributed by atoms with Crippen molar-refractivity contribution in [2.75, 3.05) is 6.54 Å². The van der Waals surface area contributed by atoms with Gasteiger partial charge >= 0.3 is 0 Å². The van der Waals surface area contributed by atoms with E-state index >= 15 is 0 Å². The molecule has 1 N–H and O–H groups in total. The van der Waals surface area contributed by atoms with Crippen molar-refractivity contribution in [2.24, 2.45) is 5.92 Å². The molecular formula is C11H13FIN. The monoisotopic (exact) mass is 305 g/mol. The first kappa shape index (κ1) is 10.4. The van der Waals surface area contributed by atoms with Crippen molar-refractivity contribution >= 4 is 22.6 Å². The standard InChI is InChI=1S/C11H13FIN/c12-10-4-3-9(5-11(10)13)7-14-6-8-1-2-8/h3-5,8,14H,1-2,6-7H2. The Balaban J connectivity index is 1.85. The topological polar surface area (TPSA) is 12.0 Å². The summed E-state index contributed by atoms with van der Waals surface area (Å²) in [6.45, 7) is 1.96. The molecule has 1 aromatic carbocycles. The van der Waals surface area contributed by atoms with Gasteiger partial charge in [-0.1, -0.05) is 6.07 Å². The summed E-state index contributed by atoms with van der Waals surface area (Å²) >= 11 is 2.02. The first-order chi connectivity index (χ1) is 6.75. The van der Waals surface area contributed by atoms with E-state index in [9.17, 15) is 4.39 Å². The zero-order chi connectivity index (χ0) is 9.97. The van der Waals surface area contributed by atoms with Crippen LogP contribution >= 0.6 is 22.6 Å². The summed E-state index contributed by atoms with van der Waals surface area (Å²) in [5.41, 5.74) is 1.16. The molecule has 0 bridgehead atoms. The zero-order valence-corrected chi connectivity index (χ0v) is 10.1. The highest BCUT2D eigenvalue weighted by atomic mass is 127. The highest BCUT2D eigenvalue weighted by molar-refractivity contribution is 14.1. The van der Waals surface area contributed by atoms with Crippen LogP contribution in [0.3, 0.4) is 0 Å². The van der Waals surface area contributed by atoms with Gasteiger partial charge in [-0.15, -0.1) is 0 Å². The highest BCUT2D eigenvalue weighted by Gasteiger charge is 2.20. The first-order valence-corrected chi connectivity index (χ1v) is 5.98. The van der Waals surface area contributed by atoms with Crippen LogP contribution in [0, 0.1) is 15.3 Å². The Hall–Kier alpha value is -0.160. The van der Waals surface area contributed by atoms with Gasteiger partial charge in [0.05, 0.1) is 0 Å². The summed E-state index contributed by atoms with van der Waals surface area (Å²) in [6.07, 6.45) is 2.74. The summed E-state index contributed by atoms with van der Waals surface area (Å²) in [7, 11) is 0. The molecule has 76 valence electrons. The van der Waals surface area contributed by atoms with Crippen molar-refractivity contribution in [3.05, 3.63) is 33.1 Å². The molecule has 0 aliphatic heterocycles. The minimum Gasteiger partial charge on any atom is -0.312 e. The van der Waals surface area contributed by atoms with Crippen molar-refractivity contribution in [2.45, 2.75) is 19.4 Å². The Labute approximate surface area is 97.2 Å². The molecule has 0 atom stereocenters. The molecule has 0 heterocycles. The molecular weight excluding hydrogens is 292 g/mol. The molecule has 0 radical (unpaired) electrons. The zero-order valence-electron chi connectivity index (χ0n) is 7.89. The van der Waals surface area contributed by atoms with Gasteiger partial charge < -0.3 is 5.32 Å². The van der Waals surface area contributed by atoms with Gasteiger partial charge in [-0.05, 0) is 65.6 Å². The fraction of sp³-hybridized carbons (Fsp3) is 0.455. The van der Waals surface area contributed by atoms with Crippen molar-refractivity contribution in [1.29, 1.82) is 0 Å². The average Bonchev–Trinajstić information content (AvgIpc) is 2.95. The van der Waals surface area contributed by atoms with Crippen LogP contribution in [0.25, 0.3) is 0 Å². The lowest BCUT2D eigenvalue weighted by Crippen LogP contribution is -2.16. The molecule has 1 aliphatic rings. The second-order valence-corrected chi connectivity index (χ2v) is 4.98. The van der Waals surface area contributed by atoms with E-state index in [1.807, 2.05) is 34.7 Å². The highest BCUT2D eigenvalue weighted by Crippen LogP contribution is 2.27. The molecule has 0 spiro atoms. The molecule has 1 fully saturated rings. The van der Waals surface area contributed by atoms with Crippen molar-refractivity contribution in [3.63, 3.8) is 0 Å². The number of hydrogen-bond acceptors (Lipinski definition) is 1. The summed E-state index contributed by atoms with van der Waals surface area (Å²) in [4.78, 5) is 0. The lowest BCUT2D eigenvalue weighted by molar-refractivity contribution is 0.613. The smallest absolute Gasteiger partial charge is 0.136 e. The van der Waals surface area contributed by atoms with E-state index < -0.39 is 0 Å². The SMILES string of the molecule is Fc1ccc(CNCC2CC2)cc1I. The van der Waals surface area contributed by atoms with Crippen LogP contribution in [-0.4, -0.2) is 6.54 Å². The van der Waals surface area contributed by atoms with Crippen LogP contribution in [0.2, 0.25) is 0 Å². The van der Waals surface area contributed by atoms with E-state index in [1.165, 1.54) is 18.9 Å². The Bertz CT molecular complexity index is 323. The summed E-state index contributed by atoms with van der Waals surface area (Å²) in [6, 6.07) is 5.28. The molecule has 2 rings (SSSR count). The predicted octanol–water partition coefficient (Wildman–Crippen LogP) is 2.93. The molecule has 3 heteroatoms. The average molecular weight is 305 g/mol. The predicted molar refractivity (Wildman–Crippen MR) is 63.5 cm³/mol. The maximum Gasteiger partial charge on any atom is 0.136 e. The summed E-state index contributed by atoms with van der Waals surface area (Å²) < 4.78 is 13.6. The second-order valence-electron chi connectivity index (χ2n) is 3.82. The maximum absolute atomic E-state index is 12.9. The molecule has 1 aliphatic carbocycles. The molecule has 0 saturated heterocycles. The molecule has 1 nitrogen and oxygen atoms in total. The fourth-order valence-corrected chi connectivity index (χ4v) is 1.97. The Morgan fingerprint density at radius 2 is 2.21 bits per heavy atom. The summed E-state index contributed by atoms with van der Waals surface area (Å²) in [5.74, 6) is 0.770. The Morgan fingerprint density at radius 3 is 2.86 bits per heavy atom. The van der Waals surface area contributed by atoms with Gasteiger partial charge in [0.1, 0.15) is 5.82 Å². The Morgan fingerprint density at radius 1 is 1.43 bits per heavy atom. The minimum absolute atomic E-state index is 0.128. The van der Waals surface area contributed by atoms with Crippen LogP contribution in [0.5, 0.6) is 0 Å². The first-order valence-electron chi connectivity index (χ1n) is 4.90. The van der Waals surface area contributed by atoms with E-state index in [4.69, 9.17) is 0 Å². The van der Waals surface area contributed by atoms with E-state index in [0.29, 0.717) is 3.57 Å². The third-order valence-corrected chi connectivity index (χ3v) is 3.27. The van der Waals surface area contributed by atoms with Crippen LogP contribution in [-0.2, 0) is 6.54 Å². The third kappa shape index (κ3) is 2.92. The lowest BCUT2D eigenvalue weighted by Gasteiger charge is -2.04. The number of benzene rings is 1. The van der Waals surface area contributed by atoms with Crippen molar-refractivity contribution < 1.29 is 4.39 Å². The van der Waals surface area contributed by atoms with Gasteiger partial charge in [-0.25, -0.2) is 4.39 Å². The van der Waals surface area contributed by atoms with Gasteiger partial charge in [-0.2, -0.15) is 0 Å². The van der Waals surface area contributed by atoms with E-state index in [2.05, 4.69) is 5.32 Å². The Kier molecular flexibility index (Phi) is 3.38. The molecule has 0 aromatic heterocycles. The quantitative estimate of drug-likeness (QED) is 0.844. The van der Waals surface area contributed by atoms with Crippen LogP contribution in [0.1, 0.15) is 18.4 Å². The largest absolute Gasteiger partial charge is 0.312 e. The van der Waals surface area contributed by atoms with Crippen LogP contribution < -0.4 is 5.32 Å².